The third-order valence-corrected chi connectivity index (χ3v) is 4.65. The third kappa shape index (κ3) is 4.21. The van der Waals surface area contributed by atoms with Crippen LogP contribution >= 0.6 is 0 Å². The van der Waals surface area contributed by atoms with Crippen LogP contribution in [0.15, 0.2) is 48.5 Å². The average Bonchev–Trinajstić information content (AvgIpc) is 2.93. The van der Waals surface area contributed by atoms with E-state index in [1.807, 2.05) is 0 Å². The number of anilines is 2. The number of halogens is 1. The van der Waals surface area contributed by atoms with Gasteiger partial charge in [0.1, 0.15) is 17.6 Å². The van der Waals surface area contributed by atoms with Gasteiger partial charge in [0.15, 0.2) is 0 Å². The van der Waals surface area contributed by atoms with Crippen LogP contribution in [0.25, 0.3) is 0 Å². The van der Waals surface area contributed by atoms with Gasteiger partial charge in [0.2, 0.25) is 5.91 Å². The molecule has 3 rings (SSSR count). The Morgan fingerprint density at radius 1 is 1.10 bits per heavy atom. The van der Waals surface area contributed by atoms with E-state index in [1.165, 1.54) is 36.3 Å². The number of imide groups is 1. The summed E-state index contributed by atoms with van der Waals surface area (Å²) in [6.45, 7) is 3.57. The number of benzene rings is 2. The van der Waals surface area contributed by atoms with Crippen molar-refractivity contribution in [1.82, 2.24) is 4.90 Å². The SMILES string of the molecule is COc1ccc(N2C(=O)C(CC(=O)Nc3ccc(F)cc3)N(C(C)C)C2=O)cc1. The third-order valence-electron chi connectivity index (χ3n) is 4.65. The van der Waals surface area contributed by atoms with Gasteiger partial charge in [0, 0.05) is 11.7 Å². The zero-order valence-corrected chi connectivity index (χ0v) is 16.4. The summed E-state index contributed by atoms with van der Waals surface area (Å²) in [6, 6.07) is 10.2. The molecule has 29 heavy (non-hydrogen) atoms. The van der Waals surface area contributed by atoms with Crippen LogP contribution in [0.2, 0.25) is 0 Å². The van der Waals surface area contributed by atoms with Crippen molar-refractivity contribution in [1.29, 1.82) is 0 Å². The van der Waals surface area contributed by atoms with E-state index >= 15 is 0 Å². The maximum absolute atomic E-state index is 13.0. The number of rotatable bonds is 6. The van der Waals surface area contributed by atoms with Gasteiger partial charge in [-0.3, -0.25) is 9.59 Å². The number of methoxy groups -OCH3 is 1. The monoisotopic (exact) mass is 399 g/mol. The summed E-state index contributed by atoms with van der Waals surface area (Å²) in [7, 11) is 1.53. The highest BCUT2D eigenvalue weighted by molar-refractivity contribution is 6.22. The van der Waals surface area contributed by atoms with E-state index in [0.717, 1.165) is 4.90 Å². The second kappa shape index (κ2) is 8.30. The fourth-order valence-corrected chi connectivity index (χ4v) is 3.27. The molecule has 4 amide bonds. The van der Waals surface area contributed by atoms with Gasteiger partial charge in [-0.25, -0.2) is 14.1 Å². The molecule has 0 aromatic heterocycles. The van der Waals surface area contributed by atoms with E-state index in [9.17, 15) is 18.8 Å². The van der Waals surface area contributed by atoms with Crippen LogP contribution in [-0.4, -0.2) is 41.9 Å². The maximum Gasteiger partial charge on any atom is 0.332 e. The van der Waals surface area contributed by atoms with Crippen molar-refractivity contribution in [3.05, 3.63) is 54.3 Å². The van der Waals surface area contributed by atoms with Crippen molar-refractivity contribution >= 4 is 29.2 Å². The normalized spacial score (nSPS) is 16.5. The first-order valence-electron chi connectivity index (χ1n) is 9.17. The molecule has 1 aliphatic rings. The zero-order valence-electron chi connectivity index (χ0n) is 16.4. The molecule has 0 radical (unpaired) electrons. The van der Waals surface area contributed by atoms with Gasteiger partial charge in [-0.15, -0.1) is 0 Å². The first-order chi connectivity index (χ1) is 13.8. The molecule has 1 heterocycles. The quantitative estimate of drug-likeness (QED) is 0.755. The van der Waals surface area contributed by atoms with Crippen LogP contribution in [0, 0.1) is 5.82 Å². The van der Waals surface area contributed by atoms with Crippen LogP contribution in [-0.2, 0) is 9.59 Å². The molecule has 7 nitrogen and oxygen atoms in total. The van der Waals surface area contributed by atoms with Crippen molar-refractivity contribution in [2.75, 3.05) is 17.3 Å². The van der Waals surface area contributed by atoms with E-state index in [-0.39, 0.29) is 12.5 Å². The van der Waals surface area contributed by atoms with Crippen LogP contribution < -0.4 is 15.0 Å². The van der Waals surface area contributed by atoms with E-state index in [2.05, 4.69) is 5.32 Å². The maximum atomic E-state index is 13.0. The van der Waals surface area contributed by atoms with Crippen LogP contribution in [0.3, 0.4) is 0 Å². The summed E-state index contributed by atoms with van der Waals surface area (Å²) in [5.74, 6) is -0.724. The number of hydrogen-bond acceptors (Lipinski definition) is 4. The van der Waals surface area contributed by atoms with Crippen molar-refractivity contribution in [3.63, 3.8) is 0 Å². The summed E-state index contributed by atoms with van der Waals surface area (Å²) in [5, 5.41) is 2.63. The molecule has 1 fully saturated rings. The summed E-state index contributed by atoms with van der Waals surface area (Å²) in [5.41, 5.74) is 0.823. The molecule has 2 aromatic carbocycles. The average molecular weight is 399 g/mol. The van der Waals surface area contributed by atoms with Gasteiger partial charge in [-0.1, -0.05) is 0 Å². The van der Waals surface area contributed by atoms with Gasteiger partial charge in [0.25, 0.3) is 5.91 Å². The van der Waals surface area contributed by atoms with Crippen molar-refractivity contribution in [2.45, 2.75) is 32.4 Å². The highest BCUT2D eigenvalue weighted by atomic mass is 19.1. The van der Waals surface area contributed by atoms with Gasteiger partial charge in [-0.05, 0) is 62.4 Å². The number of carbonyl (C=O) groups is 3. The Kier molecular flexibility index (Phi) is 5.81. The second-order valence-electron chi connectivity index (χ2n) is 6.93. The Hall–Kier alpha value is -3.42. The van der Waals surface area contributed by atoms with Crippen LogP contribution in [0.1, 0.15) is 20.3 Å². The Bertz CT molecular complexity index is 913. The number of nitrogens with one attached hydrogen (secondary N) is 1. The second-order valence-corrected chi connectivity index (χ2v) is 6.93. The first kappa shape index (κ1) is 20.3. The van der Waals surface area contributed by atoms with Crippen LogP contribution in [0.4, 0.5) is 20.6 Å². The molecule has 1 saturated heterocycles. The fourth-order valence-electron chi connectivity index (χ4n) is 3.27. The van der Waals surface area contributed by atoms with Gasteiger partial charge in [-0.2, -0.15) is 0 Å². The Morgan fingerprint density at radius 3 is 2.28 bits per heavy atom. The lowest BCUT2D eigenvalue weighted by Crippen LogP contribution is -2.42. The van der Waals surface area contributed by atoms with E-state index in [0.29, 0.717) is 17.1 Å². The lowest BCUT2D eigenvalue weighted by atomic mass is 10.1. The molecule has 2 aromatic rings. The molecular weight excluding hydrogens is 377 g/mol. The number of ether oxygens (including phenoxy) is 1. The number of hydrogen-bond donors (Lipinski definition) is 1. The van der Waals surface area contributed by atoms with Crippen molar-refractivity contribution in [3.8, 4) is 5.75 Å². The molecule has 0 aliphatic carbocycles. The fraction of sp³-hybridized carbons (Fsp3) is 0.286. The lowest BCUT2D eigenvalue weighted by molar-refractivity contribution is -0.124. The first-order valence-corrected chi connectivity index (χ1v) is 9.17. The molecule has 8 heteroatoms. The molecule has 0 saturated carbocycles. The summed E-state index contributed by atoms with van der Waals surface area (Å²) in [4.78, 5) is 40.9. The number of urea groups is 1. The lowest BCUT2D eigenvalue weighted by Gasteiger charge is -2.25. The molecule has 0 spiro atoms. The van der Waals surface area contributed by atoms with Crippen molar-refractivity contribution in [2.24, 2.45) is 0 Å². The molecule has 1 atom stereocenters. The van der Waals surface area contributed by atoms with Gasteiger partial charge >= 0.3 is 6.03 Å². The van der Waals surface area contributed by atoms with E-state index in [1.54, 1.807) is 38.1 Å². The highest BCUT2D eigenvalue weighted by Gasteiger charge is 2.47. The summed E-state index contributed by atoms with van der Waals surface area (Å²) in [6.07, 6.45) is -0.202. The standard InChI is InChI=1S/C21H22FN3O4/c1-13(2)24-18(12-19(26)23-15-6-4-14(22)5-7-15)20(27)25(21(24)28)16-8-10-17(29-3)11-9-16/h4-11,13,18H,12H2,1-3H3,(H,23,26). The largest absolute Gasteiger partial charge is 0.497 e. The Labute approximate surface area is 168 Å². The minimum atomic E-state index is -0.926. The van der Waals surface area contributed by atoms with Crippen molar-refractivity contribution < 1.29 is 23.5 Å². The molecule has 1 N–H and O–H groups in total. The van der Waals surface area contributed by atoms with E-state index < -0.39 is 29.7 Å². The number of amides is 4. The smallest absolute Gasteiger partial charge is 0.332 e. The summed E-state index contributed by atoms with van der Waals surface area (Å²) < 4.78 is 18.1. The Balaban J connectivity index is 1.80. The minimum absolute atomic E-state index is 0.202. The zero-order chi connectivity index (χ0) is 21.1. The van der Waals surface area contributed by atoms with Gasteiger partial charge < -0.3 is 15.0 Å². The predicted octanol–water partition coefficient (Wildman–Crippen LogP) is 3.41. The topological polar surface area (TPSA) is 79.0 Å². The molecule has 0 bridgehead atoms. The predicted molar refractivity (Wildman–Crippen MR) is 106 cm³/mol. The minimum Gasteiger partial charge on any atom is -0.497 e. The van der Waals surface area contributed by atoms with E-state index in [4.69, 9.17) is 4.74 Å². The Morgan fingerprint density at radius 2 is 1.72 bits per heavy atom. The molecular formula is C21H22FN3O4. The number of carbonyl (C=O) groups excluding carboxylic acids is 3. The number of nitrogens with zero attached hydrogens (tertiary/aromatic N) is 2. The van der Waals surface area contributed by atoms with Crippen LogP contribution in [0.5, 0.6) is 5.75 Å². The summed E-state index contributed by atoms with van der Waals surface area (Å²) >= 11 is 0. The molecule has 1 aliphatic heterocycles. The molecule has 1 unspecified atom stereocenters. The highest BCUT2D eigenvalue weighted by Crippen LogP contribution is 2.29. The molecule has 152 valence electrons. The van der Waals surface area contributed by atoms with Gasteiger partial charge in [0.05, 0.1) is 19.2 Å².